The molecule has 1 N–H and O–H groups in total. The standard InChI is InChI=1S/C16H17NO3/c1-11(18)19-10-8-16(2)15-13(7-9-20-16)12-5-3-4-6-14(12)17-15/h3-7,9,17H,8,10H2,1-2H3. The molecule has 0 saturated carbocycles. The number of hydrogen-bond acceptors (Lipinski definition) is 3. The molecule has 0 saturated heterocycles. The number of carbonyl (C=O) groups excluding carboxylic acids is 1. The number of benzene rings is 1. The van der Waals surface area contributed by atoms with Crippen LogP contribution in [0.5, 0.6) is 0 Å². The summed E-state index contributed by atoms with van der Waals surface area (Å²) >= 11 is 0. The van der Waals surface area contributed by atoms with E-state index in [1.807, 2.05) is 31.2 Å². The molecule has 0 radical (unpaired) electrons. The summed E-state index contributed by atoms with van der Waals surface area (Å²) in [7, 11) is 0. The van der Waals surface area contributed by atoms with Crippen molar-refractivity contribution in [1.82, 2.24) is 4.98 Å². The normalized spacial score (nSPS) is 20.5. The number of nitrogens with one attached hydrogen (secondary N) is 1. The molecule has 1 unspecified atom stereocenters. The number of aromatic nitrogens is 1. The maximum Gasteiger partial charge on any atom is 0.302 e. The van der Waals surface area contributed by atoms with Crippen LogP contribution in [0.15, 0.2) is 30.5 Å². The Hall–Kier alpha value is -2.23. The Labute approximate surface area is 117 Å². The average Bonchev–Trinajstić information content (AvgIpc) is 2.79. The monoisotopic (exact) mass is 271 g/mol. The van der Waals surface area contributed by atoms with Gasteiger partial charge in [0.1, 0.15) is 5.60 Å². The lowest BCUT2D eigenvalue weighted by Crippen LogP contribution is -2.29. The predicted octanol–water partition coefficient (Wildman–Crippen LogP) is 3.34. The lowest BCUT2D eigenvalue weighted by atomic mass is 9.92. The SMILES string of the molecule is CC(=O)OCCC1(C)OC=Cc2c1[nH]c1ccccc21. The first-order chi connectivity index (χ1) is 9.60. The quantitative estimate of drug-likeness (QED) is 0.871. The van der Waals surface area contributed by atoms with Gasteiger partial charge in [-0.3, -0.25) is 4.79 Å². The van der Waals surface area contributed by atoms with E-state index in [2.05, 4.69) is 11.1 Å². The largest absolute Gasteiger partial charge is 0.489 e. The maximum absolute atomic E-state index is 10.9. The minimum atomic E-state index is -0.501. The molecule has 4 heteroatoms. The molecule has 0 fully saturated rings. The van der Waals surface area contributed by atoms with Crippen molar-refractivity contribution in [2.24, 2.45) is 0 Å². The summed E-state index contributed by atoms with van der Waals surface area (Å²) in [5.41, 5.74) is 2.77. The van der Waals surface area contributed by atoms with Crippen LogP contribution in [-0.2, 0) is 19.9 Å². The zero-order valence-electron chi connectivity index (χ0n) is 11.6. The molecular formula is C16H17NO3. The molecule has 1 aliphatic heterocycles. The summed E-state index contributed by atoms with van der Waals surface area (Å²) in [5.74, 6) is -0.267. The van der Waals surface area contributed by atoms with Gasteiger partial charge >= 0.3 is 5.97 Å². The van der Waals surface area contributed by atoms with Crippen LogP contribution in [0.1, 0.15) is 31.5 Å². The van der Waals surface area contributed by atoms with Gasteiger partial charge in [0.25, 0.3) is 0 Å². The number of para-hydroxylation sites is 1. The molecule has 2 aromatic rings. The van der Waals surface area contributed by atoms with E-state index in [9.17, 15) is 4.79 Å². The van der Waals surface area contributed by atoms with Crippen LogP contribution in [0.2, 0.25) is 0 Å². The van der Waals surface area contributed by atoms with Crippen molar-refractivity contribution in [3.05, 3.63) is 41.8 Å². The van der Waals surface area contributed by atoms with Gasteiger partial charge in [-0.05, 0) is 19.1 Å². The van der Waals surface area contributed by atoms with Crippen molar-refractivity contribution in [1.29, 1.82) is 0 Å². The Bertz CT molecular complexity index is 686. The second-order valence-electron chi connectivity index (χ2n) is 5.20. The smallest absolute Gasteiger partial charge is 0.302 e. The third-order valence-corrected chi connectivity index (χ3v) is 3.72. The van der Waals surface area contributed by atoms with Crippen molar-refractivity contribution < 1.29 is 14.3 Å². The summed E-state index contributed by atoms with van der Waals surface area (Å²) in [4.78, 5) is 14.3. The van der Waals surface area contributed by atoms with E-state index < -0.39 is 5.60 Å². The fourth-order valence-electron chi connectivity index (χ4n) is 2.64. The second kappa shape index (κ2) is 4.71. The minimum absolute atomic E-state index is 0.267. The third-order valence-electron chi connectivity index (χ3n) is 3.72. The van der Waals surface area contributed by atoms with Gasteiger partial charge in [-0.15, -0.1) is 0 Å². The van der Waals surface area contributed by atoms with Gasteiger partial charge in [0, 0.05) is 29.8 Å². The summed E-state index contributed by atoms with van der Waals surface area (Å²) in [6, 6.07) is 8.17. The number of fused-ring (bicyclic) bond motifs is 3. The van der Waals surface area contributed by atoms with Crippen LogP contribution >= 0.6 is 0 Å². The highest BCUT2D eigenvalue weighted by Gasteiger charge is 2.34. The molecule has 1 aliphatic rings. The molecule has 1 aromatic heterocycles. The van der Waals surface area contributed by atoms with Crippen molar-refractivity contribution in [2.45, 2.75) is 25.9 Å². The lowest BCUT2D eigenvalue weighted by Gasteiger charge is -2.31. The number of ether oxygens (including phenoxy) is 2. The van der Waals surface area contributed by atoms with Gasteiger partial charge < -0.3 is 14.5 Å². The molecule has 2 heterocycles. The van der Waals surface area contributed by atoms with Gasteiger partial charge in [0.05, 0.1) is 18.6 Å². The van der Waals surface area contributed by atoms with Gasteiger partial charge in [0.15, 0.2) is 0 Å². The number of carbonyl (C=O) groups is 1. The summed E-state index contributed by atoms with van der Waals surface area (Å²) in [6.45, 7) is 3.76. The molecule has 20 heavy (non-hydrogen) atoms. The number of esters is 1. The number of hydrogen-bond donors (Lipinski definition) is 1. The molecule has 0 amide bonds. The Morgan fingerprint density at radius 3 is 3.00 bits per heavy atom. The highest BCUT2D eigenvalue weighted by molar-refractivity contribution is 5.91. The van der Waals surface area contributed by atoms with Crippen molar-refractivity contribution >= 4 is 22.9 Å². The summed E-state index contributed by atoms with van der Waals surface area (Å²) in [6.07, 6.45) is 4.30. The van der Waals surface area contributed by atoms with Crippen LogP contribution < -0.4 is 0 Å². The third kappa shape index (κ3) is 2.07. The molecule has 1 atom stereocenters. The van der Waals surface area contributed by atoms with E-state index in [4.69, 9.17) is 9.47 Å². The van der Waals surface area contributed by atoms with Crippen LogP contribution in [0, 0.1) is 0 Å². The van der Waals surface area contributed by atoms with Crippen LogP contribution in [0.4, 0.5) is 0 Å². The maximum atomic E-state index is 10.9. The molecule has 4 nitrogen and oxygen atoms in total. The van der Waals surface area contributed by atoms with Crippen molar-refractivity contribution in [2.75, 3.05) is 6.61 Å². The number of aromatic amines is 1. The fraction of sp³-hybridized carbons (Fsp3) is 0.312. The highest BCUT2D eigenvalue weighted by atomic mass is 16.5. The van der Waals surface area contributed by atoms with E-state index in [1.165, 1.54) is 12.3 Å². The topological polar surface area (TPSA) is 51.3 Å². The van der Waals surface area contributed by atoms with Gasteiger partial charge in [-0.2, -0.15) is 0 Å². The van der Waals surface area contributed by atoms with Crippen molar-refractivity contribution in [3.63, 3.8) is 0 Å². The van der Waals surface area contributed by atoms with Gasteiger partial charge in [-0.25, -0.2) is 0 Å². The highest BCUT2D eigenvalue weighted by Crippen LogP contribution is 2.39. The minimum Gasteiger partial charge on any atom is -0.489 e. The van der Waals surface area contributed by atoms with E-state index in [-0.39, 0.29) is 5.97 Å². The zero-order valence-corrected chi connectivity index (χ0v) is 11.6. The van der Waals surface area contributed by atoms with Gasteiger partial charge in [-0.1, -0.05) is 18.2 Å². The lowest BCUT2D eigenvalue weighted by molar-refractivity contribution is -0.142. The van der Waals surface area contributed by atoms with Crippen LogP contribution in [0.3, 0.4) is 0 Å². The molecule has 1 aromatic carbocycles. The predicted molar refractivity (Wildman–Crippen MR) is 77.0 cm³/mol. The molecule has 0 bridgehead atoms. The van der Waals surface area contributed by atoms with E-state index in [1.54, 1.807) is 6.26 Å². The summed E-state index contributed by atoms with van der Waals surface area (Å²) in [5, 5.41) is 1.18. The second-order valence-corrected chi connectivity index (χ2v) is 5.20. The molecule has 0 spiro atoms. The average molecular weight is 271 g/mol. The fourth-order valence-corrected chi connectivity index (χ4v) is 2.64. The molecule has 104 valence electrons. The van der Waals surface area contributed by atoms with Crippen LogP contribution in [-0.4, -0.2) is 17.6 Å². The number of H-pyrrole nitrogens is 1. The van der Waals surface area contributed by atoms with E-state index in [0.717, 1.165) is 16.8 Å². The molecule has 3 rings (SSSR count). The van der Waals surface area contributed by atoms with E-state index in [0.29, 0.717) is 13.0 Å². The summed E-state index contributed by atoms with van der Waals surface area (Å²) < 4.78 is 10.8. The Kier molecular flexibility index (Phi) is 3.01. The van der Waals surface area contributed by atoms with Crippen LogP contribution in [0.25, 0.3) is 17.0 Å². The first kappa shape index (κ1) is 12.8. The number of rotatable bonds is 3. The Balaban J connectivity index is 1.96. The van der Waals surface area contributed by atoms with Crippen molar-refractivity contribution in [3.8, 4) is 0 Å². The zero-order chi connectivity index (χ0) is 14.2. The Morgan fingerprint density at radius 1 is 1.40 bits per heavy atom. The Morgan fingerprint density at radius 2 is 2.20 bits per heavy atom. The first-order valence-electron chi connectivity index (χ1n) is 6.69. The van der Waals surface area contributed by atoms with E-state index >= 15 is 0 Å². The first-order valence-corrected chi connectivity index (χ1v) is 6.69. The van der Waals surface area contributed by atoms with Gasteiger partial charge in [0.2, 0.25) is 0 Å². The molecule has 0 aliphatic carbocycles. The molecular weight excluding hydrogens is 254 g/mol.